The Hall–Kier alpha value is -0.380. The minimum absolute atomic E-state index is 0.191. The lowest BCUT2D eigenvalue weighted by molar-refractivity contribution is 0.0928. The molecule has 3 heteroatoms. The van der Waals surface area contributed by atoms with Gasteiger partial charge in [-0.1, -0.05) is 46.3 Å². The summed E-state index contributed by atoms with van der Waals surface area (Å²) in [5.74, 6) is 0.708. The molecule has 0 aliphatic heterocycles. The average Bonchev–Trinajstić information content (AvgIpc) is 2.44. The van der Waals surface area contributed by atoms with Crippen molar-refractivity contribution in [3.8, 4) is 0 Å². The summed E-state index contributed by atoms with van der Waals surface area (Å²) < 4.78 is 1.23. The van der Waals surface area contributed by atoms with E-state index in [1.807, 2.05) is 0 Å². The highest BCUT2D eigenvalue weighted by Gasteiger charge is 2.46. The summed E-state index contributed by atoms with van der Waals surface area (Å²) in [6.07, 6.45) is 2.02. The molecule has 2 aromatic rings. The molecule has 0 heterocycles. The number of hydrogen-bond acceptors (Lipinski definition) is 1. The van der Waals surface area contributed by atoms with Crippen molar-refractivity contribution in [2.75, 3.05) is 0 Å². The van der Waals surface area contributed by atoms with Crippen LogP contribution in [0.4, 0.5) is 0 Å². The number of fused-ring (bicyclic) bond motifs is 3. The van der Waals surface area contributed by atoms with Crippen LogP contribution in [-0.4, -0.2) is 16.0 Å². The molecule has 1 N–H and O–H groups in total. The van der Waals surface area contributed by atoms with Crippen LogP contribution in [-0.2, 0) is 0 Å². The van der Waals surface area contributed by atoms with E-state index in [-0.39, 0.29) is 16.8 Å². The van der Waals surface area contributed by atoms with Gasteiger partial charge in [-0.3, -0.25) is 0 Å². The zero-order chi connectivity index (χ0) is 13.1. The van der Waals surface area contributed by atoms with E-state index in [2.05, 4.69) is 62.2 Å². The summed E-state index contributed by atoms with van der Waals surface area (Å²) in [6, 6.07) is 10.8. The van der Waals surface area contributed by atoms with Crippen LogP contribution >= 0.6 is 31.9 Å². The zero-order valence-corrected chi connectivity index (χ0v) is 13.5. The highest BCUT2D eigenvalue weighted by molar-refractivity contribution is 9.10. The van der Waals surface area contributed by atoms with Gasteiger partial charge in [-0.05, 0) is 50.7 Å². The highest BCUT2D eigenvalue weighted by Crippen LogP contribution is 2.55. The Labute approximate surface area is 129 Å². The summed E-state index contributed by atoms with van der Waals surface area (Å²) >= 11 is 7.52. The first-order valence-corrected chi connectivity index (χ1v) is 8.42. The summed E-state index contributed by atoms with van der Waals surface area (Å²) in [4.78, 5) is 0.191. The Balaban J connectivity index is 2.06. The van der Waals surface area contributed by atoms with Gasteiger partial charge in [0.2, 0.25) is 0 Å². The molecule has 0 radical (unpaired) electrons. The largest absolute Gasteiger partial charge is 0.391 e. The number of alkyl halides is 1. The van der Waals surface area contributed by atoms with Gasteiger partial charge in [0.1, 0.15) is 0 Å². The standard InChI is InChI=1S/C16H14Br2O/c17-14-9-4-2-1-3-8(9)7-12-10-5-6-11(13(12)14)15(18)16(10)19/h1-4,7,10-11,15-16,19H,5-6H2. The summed E-state index contributed by atoms with van der Waals surface area (Å²) in [7, 11) is 0. The van der Waals surface area contributed by atoms with Crippen LogP contribution in [0.5, 0.6) is 0 Å². The second kappa shape index (κ2) is 4.31. The average molecular weight is 382 g/mol. The number of aliphatic hydroxyl groups excluding tert-OH is 1. The van der Waals surface area contributed by atoms with Gasteiger partial charge in [-0.15, -0.1) is 0 Å². The third kappa shape index (κ3) is 1.61. The Morgan fingerprint density at radius 2 is 1.84 bits per heavy atom. The minimum Gasteiger partial charge on any atom is -0.391 e. The van der Waals surface area contributed by atoms with E-state index in [9.17, 15) is 5.11 Å². The van der Waals surface area contributed by atoms with Crippen LogP contribution in [0.2, 0.25) is 0 Å². The zero-order valence-electron chi connectivity index (χ0n) is 10.3. The van der Waals surface area contributed by atoms with Crippen LogP contribution in [0.25, 0.3) is 10.8 Å². The predicted molar refractivity (Wildman–Crippen MR) is 85.1 cm³/mol. The first kappa shape index (κ1) is 12.4. The fraction of sp³-hybridized carbons (Fsp3) is 0.375. The summed E-state index contributed by atoms with van der Waals surface area (Å²) in [5, 5.41) is 13.0. The Morgan fingerprint density at radius 3 is 2.68 bits per heavy atom. The number of hydrogen-bond donors (Lipinski definition) is 1. The third-order valence-corrected chi connectivity index (χ3v) is 6.77. The van der Waals surface area contributed by atoms with E-state index < -0.39 is 0 Å². The normalized spacial score (nSPS) is 32.6. The number of halogens is 2. The summed E-state index contributed by atoms with van der Waals surface area (Å²) in [6.45, 7) is 0. The van der Waals surface area contributed by atoms with E-state index in [1.54, 1.807) is 0 Å². The third-order valence-electron chi connectivity index (χ3n) is 4.74. The molecule has 4 unspecified atom stereocenters. The van der Waals surface area contributed by atoms with Crippen molar-refractivity contribution >= 4 is 42.6 Å². The molecule has 19 heavy (non-hydrogen) atoms. The Morgan fingerprint density at radius 1 is 1.11 bits per heavy atom. The van der Waals surface area contributed by atoms with Gasteiger partial charge in [0.05, 0.1) is 6.10 Å². The van der Waals surface area contributed by atoms with Gasteiger partial charge in [0.25, 0.3) is 0 Å². The van der Waals surface area contributed by atoms with E-state index in [0.717, 1.165) is 6.42 Å². The van der Waals surface area contributed by atoms with Crippen molar-refractivity contribution in [1.82, 2.24) is 0 Å². The van der Waals surface area contributed by atoms with E-state index >= 15 is 0 Å². The molecular formula is C16H14Br2O. The van der Waals surface area contributed by atoms with Crippen molar-refractivity contribution in [2.45, 2.75) is 35.6 Å². The van der Waals surface area contributed by atoms with Crippen molar-refractivity contribution in [2.24, 2.45) is 0 Å². The molecule has 3 aliphatic rings. The fourth-order valence-corrected chi connectivity index (χ4v) is 5.60. The SMILES string of the molecule is OC1C2CCC(c3c2cc2ccccc2c3Br)C1Br. The van der Waals surface area contributed by atoms with Gasteiger partial charge in [0.15, 0.2) is 0 Å². The van der Waals surface area contributed by atoms with Crippen molar-refractivity contribution in [3.63, 3.8) is 0 Å². The molecule has 2 aromatic carbocycles. The predicted octanol–water partition coefficient (Wildman–Crippen LogP) is 4.70. The molecule has 1 saturated carbocycles. The van der Waals surface area contributed by atoms with Crippen LogP contribution < -0.4 is 0 Å². The van der Waals surface area contributed by atoms with Crippen LogP contribution in [0.15, 0.2) is 34.8 Å². The van der Waals surface area contributed by atoms with Crippen molar-refractivity contribution < 1.29 is 5.11 Å². The second-order valence-corrected chi connectivity index (χ2v) is 7.49. The lowest BCUT2D eigenvalue weighted by Gasteiger charge is -2.46. The monoisotopic (exact) mass is 380 g/mol. The lowest BCUT2D eigenvalue weighted by Crippen LogP contribution is -2.42. The van der Waals surface area contributed by atoms with E-state index in [0.29, 0.717) is 5.92 Å². The fourth-order valence-electron chi connectivity index (χ4n) is 3.82. The smallest absolute Gasteiger partial charge is 0.0739 e. The first-order valence-electron chi connectivity index (χ1n) is 6.71. The second-order valence-electron chi connectivity index (χ2n) is 5.64. The van der Waals surface area contributed by atoms with Gasteiger partial charge in [0, 0.05) is 21.1 Å². The molecule has 4 atom stereocenters. The first-order chi connectivity index (χ1) is 9.18. The minimum atomic E-state index is -0.251. The highest BCUT2D eigenvalue weighted by atomic mass is 79.9. The van der Waals surface area contributed by atoms with Crippen molar-refractivity contribution in [3.05, 3.63) is 45.9 Å². The Kier molecular flexibility index (Phi) is 2.80. The number of aliphatic hydroxyl groups is 1. The van der Waals surface area contributed by atoms with Gasteiger partial charge >= 0.3 is 0 Å². The molecule has 0 saturated heterocycles. The molecule has 1 fully saturated rings. The number of benzene rings is 2. The molecule has 0 aromatic heterocycles. The molecular weight excluding hydrogens is 368 g/mol. The molecule has 1 nitrogen and oxygen atoms in total. The quantitative estimate of drug-likeness (QED) is 0.655. The van der Waals surface area contributed by atoms with Gasteiger partial charge in [-0.25, -0.2) is 0 Å². The van der Waals surface area contributed by atoms with Gasteiger partial charge < -0.3 is 5.11 Å². The summed E-state index contributed by atoms with van der Waals surface area (Å²) in [5.41, 5.74) is 2.77. The molecule has 3 aliphatic carbocycles. The topological polar surface area (TPSA) is 20.2 Å². The molecule has 2 bridgehead atoms. The van der Waals surface area contributed by atoms with Crippen LogP contribution in [0, 0.1) is 0 Å². The molecule has 5 rings (SSSR count). The number of rotatable bonds is 0. The lowest BCUT2D eigenvalue weighted by atomic mass is 9.65. The maximum absolute atomic E-state index is 10.4. The van der Waals surface area contributed by atoms with Crippen LogP contribution in [0.1, 0.15) is 35.8 Å². The maximum atomic E-state index is 10.4. The maximum Gasteiger partial charge on any atom is 0.0739 e. The van der Waals surface area contributed by atoms with Crippen molar-refractivity contribution in [1.29, 1.82) is 0 Å². The van der Waals surface area contributed by atoms with E-state index in [1.165, 1.54) is 32.8 Å². The van der Waals surface area contributed by atoms with Crippen LogP contribution in [0.3, 0.4) is 0 Å². The molecule has 0 amide bonds. The molecule has 98 valence electrons. The Bertz CT molecular complexity index is 667. The van der Waals surface area contributed by atoms with E-state index in [4.69, 9.17) is 0 Å². The molecule has 0 spiro atoms. The van der Waals surface area contributed by atoms with Gasteiger partial charge in [-0.2, -0.15) is 0 Å².